The Morgan fingerprint density at radius 2 is 1.90 bits per heavy atom. The third-order valence-corrected chi connectivity index (χ3v) is 4.60. The van der Waals surface area contributed by atoms with Crippen molar-refractivity contribution in [2.75, 3.05) is 37.7 Å². The maximum atomic E-state index is 14.6. The van der Waals surface area contributed by atoms with Crippen LogP contribution in [0.25, 0.3) is 11.3 Å². The van der Waals surface area contributed by atoms with Crippen molar-refractivity contribution >= 4 is 18.0 Å². The molecule has 1 N–H and O–H groups in total. The van der Waals surface area contributed by atoms with Gasteiger partial charge in [-0.2, -0.15) is 5.10 Å². The fourth-order valence-corrected chi connectivity index (χ4v) is 3.17. The van der Waals surface area contributed by atoms with Gasteiger partial charge in [0.15, 0.2) is 11.5 Å². The van der Waals surface area contributed by atoms with Crippen molar-refractivity contribution < 1.29 is 23.5 Å². The molecule has 0 unspecified atom stereocenters. The van der Waals surface area contributed by atoms with Gasteiger partial charge < -0.3 is 19.3 Å². The van der Waals surface area contributed by atoms with E-state index < -0.39 is 17.4 Å². The SMILES string of the molecule is CCOC(=O)c1n[nH]c(C)c1-c1nc(N2CCN(C(=O)OC(C)(C)C)CC2)ncc1F. The van der Waals surface area contributed by atoms with E-state index in [2.05, 4.69) is 20.2 Å². The number of carbonyl (C=O) groups excluding carboxylic acids is 2. The van der Waals surface area contributed by atoms with Crippen molar-refractivity contribution in [3.05, 3.63) is 23.4 Å². The van der Waals surface area contributed by atoms with Crippen molar-refractivity contribution in [2.24, 2.45) is 0 Å². The highest BCUT2D eigenvalue weighted by molar-refractivity contribution is 5.95. The molecule has 10 nitrogen and oxygen atoms in total. The fourth-order valence-electron chi connectivity index (χ4n) is 3.17. The molecule has 0 spiro atoms. The second-order valence-electron chi connectivity index (χ2n) is 8.11. The van der Waals surface area contributed by atoms with Crippen LogP contribution in [0.15, 0.2) is 6.20 Å². The Hall–Kier alpha value is -3.24. The molecule has 2 aromatic rings. The van der Waals surface area contributed by atoms with Gasteiger partial charge in [0.2, 0.25) is 5.95 Å². The van der Waals surface area contributed by atoms with Gasteiger partial charge in [-0.05, 0) is 34.6 Å². The van der Waals surface area contributed by atoms with Gasteiger partial charge in [-0.15, -0.1) is 0 Å². The Balaban J connectivity index is 1.80. The number of rotatable bonds is 4. The summed E-state index contributed by atoms with van der Waals surface area (Å²) >= 11 is 0. The van der Waals surface area contributed by atoms with E-state index in [9.17, 15) is 14.0 Å². The van der Waals surface area contributed by atoms with Gasteiger partial charge in [-0.3, -0.25) is 5.10 Å². The molecule has 2 aromatic heterocycles. The zero-order valence-electron chi connectivity index (χ0n) is 18.4. The second-order valence-corrected chi connectivity index (χ2v) is 8.11. The largest absolute Gasteiger partial charge is 0.461 e. The van der Waals surface area contributed by atoms with E-state index in [1.807, 2.05) is 25.7 Å². The highest BCUT2D eigenvalue weighted by Gasteiger charge is 2.29. The van der Waals surface area contributed by atoms with Gasteiger partial charge in [-0.25, -0.2) is 23.9 Å². The van der Waals surface area contributed by atoms with Gasteiger partial charge in [-0.1, -0.05) is 0 Å². The summed E-state index contributed by atoms with van der Waals surface area (Å²) in [6, 6.07) is 0. The number of aromatic amines is 1. The van der Waals surface area contributed by atoms with Crippen LogP contribution >= 0.6 is 0 Å². The maximum absolute atomic E-state index is 14.6. The van der Waals surface area contributed by atoms with Crippen LogP contribution in [0.3, 0.4) is 0 Å². The van der Waals surface area contributed by atoms with Crippen molar-refractivity contribution in [2.45, 2.75) is 40.2 Å². The molecule has 0 saturated carbocycles. The number of aryl methyl sites for hydroxylation is 1. The highest BCUT2D eigenvalue weighted by atomic mass is 19.1. The Morgan fingerprint density at radius 3 is 2.52 bits per heavy atom. The Morgan fingerprint density at radius 1 is 1.23 bits per heavy atom. The van der Waals surface area contributed by atoms with Crippen molar-refractivity contribution in [3.8, 4) is 11.3 Å². The topological polar surface area (TPSA) is 114 Å². The molecule has 1 aliphatic heterocycles. The van der Waals surface area contributed by atoms with E-state index in [1.54, 1.807) is 18.7 Å². The molecule has 1 amide bonds. The van der Waals surface area contributed by atoms with E-state index in [0.29, 0.717) is 37.8 Å². The van der Waals surface area contributed by atoms with E-state index >= 15 is 0 Å². The van der Waals surface area contributed by atoms with E-state index in [4.69, 9.17) is 9.47 Å². The number of piperazine rings is 1. The molecule has 31 heavy (non-hydrogen) atoms. The number of halogens is 1. The summed E-state index contributed by atoms with van der Waals surface area (Å²) in [6.45, 7) is 10.7. The lowest BCUT2D eigenvalue weighted by Crippen LogP contribution is -2.50. The summed E-state index contributed by atoms with van der Waals surface area (Å²) in [6.07, 6.45) is 0.695. The van der Waals surface area contributed by atoms with Crippen LogP contribution in [0, 0.1) is 12.7 Å². The number of amides is 1. The molecular weight excluding hydrogens is 407 g/mol. The molecule has 0 radical (unpaired) electrons. The number of hydrogen-bond acceptors (Lipinski definition) is 8. The lowest BCUT2D eigenvalue weighted by atomic mass is 10.1. The molecule has 1 saturated heterocycles. The standard InChI is InChI=1S/C20H27FN6O4/c1-6-30-17(28)16-14(12(2)24-25-16)15-13(21)11-22-18(23-15)26-7-9-27(10-8-26)19(29)31-20(3,4)5/h11H,6-10H2,1-5H3,(H,24,25). The summed E-state index contributed by atoms with van der Waals surface area (Å²) in [5, 5.41) is 6.64. The van der Waals surface area contributed by atoms with E-state index in [1.165, 1.54) is 0 Å². The van der Waals surface area contributed by atoms with E-state index in [-0.39, 0.29) is 29.7 Å². The van der Waals surface area contributed by atoms with Crippen molar-refractivity contribution in [1.82, 2.24) is 25.1 Å². The minimum Gasteiger partial charge on any atom is -0.461 e. The predicted octanol–water partition coefficient (Wildman–Crippen LogP) is 2.55. The zero-order valence-corrected chi connectivity index (χ0v) is 18.4. The molecule has 0 bridgehead atoms. The molecule has 0 atom stereocenters. The fraction of sp³-hybridized carbons (Fsp3) is 0.550. The van der Waals surface area contributed by atoms with Crippen LogP contribution in [0.2, 0.25) is 0 Å². The molecule has 11 heteroatoms. The smallest absolute Gasteiger partial charge is 0.410 e. The summed E-state index contributed by atoms with van der Waals surface area (Å²) in [7, 11) is 0. The highest BCUT2D eigenvalue weighted by Crippen LogP contribution is 2.28. The lowest BCUT2D eigenvalue weighted by molar-refractivity contribution is 0.0239. The van der Waals surface area contributed by atoms with Gasteiger partial charge >= 0.3 is 12.1 Å². The first kappa shape index (κ1) is 22.4. The summed E-state index contributed by atoms with van der Waals surface area (Å²) in [4.78, 5) is 36.4. The van der Waals surface area contributed by atoms with Gasteiger partial charge in [0.1, 0.15) is 11.3 Å². The van der Waals surface area contributed by atoms with Crippen molar-refractivity contribution in [3.63, 3.8) is 0 Å². The Kier molecular flexibility index (Phi) is 6.42. The summed E-state index contributed by atoms with van der Waals surface area (Å²) in [5.41, 5.74) is 0.0993. The van der Waals surface area contributed by atoms with E-state index in [0.717, 1.165) is 6.20 Å². The third kappa shape index (κ3) is 5.09. The molecule has 0 aliphatic carbocycles. The minimum atomic E-state index is -0.675. The van der Waals surface area contributed by atoms with Crippen molar-refractivity contribution in [1.29, 1.82) is 0 Å². The predicted molar refractivity (Wildman–Crippen MR) is 110 cm³/mol. The Bertz CT molecular complexity index is 963. The average molecular weight is 434 g/mol. The third-order valence-electron chi connectivity index (χ3n) is 4.60. The monoisotopic (exact) mass is 434 g/mol. The molecular formula is C20H27FN6O4. The number of H-pyrrole nitrogens is 1. The quantitative estimate of drug-likeness (QED) is 0.731. The number of anilines is 1. The first-order valence-electron chi connectivity index (χ1n) is 10.1. The number of carbonyl (C=O) groups is 2. The lowest BCUT2D eigenvalue weighted by Gasteiger charge is -2.35. The number of aromatic nitrogens is 4. The van der Waals surface area contributed by atoms with Crippen LogP contribution < -0.4 is 4.90 Å². The van der Waals surface area contributed by atoms with Crippen LogP contribution in [0.5, 0.6) is 0 Å². The number of ether oxygens (including phenoxy) is 2. The molecule has 3 rings (SSSR count). The normalized spacial score (nSPS) is 14.5. The minimum absolute atomic E-state index is 0.0300. The molecule has 168 valence electrons. The molecule has 3 heterocycles. The van der Waals surface area contributed by atoms with Crippen LogP contribution in [0.1, 0.15) is 43.9 Å². The number of nitrogens with one attached hydrogen (secondary N) is 1. The maximum Gasteiger partial charge on any atom is 0.410 e. The van der Waals surface area contributed by atoms with Crippen LogP contribution in [0.4, 0.5) is 15.1 Å². The summed E-state index contributed by atoms with van der Waals surface area (Å²) < 4.78 is 25.0. The average Bonchev–Trinajstić information content (AvgIpc) is 3.09. The van der Waals surface area contributed by atoms with Gasteiger partial charge in [0.25, 0.3) is 0 Å². The van der Waals surface area contributed by atoms with Gasteiger partial charge in [0, 0.05) is 31.9 Å². The Labute approximate surface area is 179 Å². The molecule has 1 aliphatic rings. The van der Waals surface area contributed by atoms with Crippen LogP contribution in [-0.4, -0.2) is 75.5 Å². The zero-order chi connectivity index (χ0) is 22.8. The second kappa shape index (κ2) is 8.86. The number of hydrogen-bond donors (Lipinski definition) is 1. The number of esters is 1. The molecule has 1 fully saturated rings. The van der Waals surface area contributed by atoms with Crippen LogP contribution in [-0.2, 0) is 9.47 Å². The molecule has 0 aromatic carbocycles. The summed E-state index contributed by atoms with van der Waals surface area (Å²) in [5.74, 6) is -1.03. The number of nitrogens with zero attached hydrogens (tertiary/aromatic N) is 5. The van der Waals surface area contributed by atoms with Gasteiger partial charge in [0.05, 0.1) is 18.4 Å². The first-order valence-corrected chi connectivity index (χ1v) is 10.1. The first-order chi connectivity index (χ1) is 14.6.